The molecule has 0 saturated carbocycles. The number of hydrogen-bond donors (Lipinski definition) is 2. The number of nitrogens with one attached hydrogen (secondary N) is 1. The van der Waals surface area contributed by atoms with E-state index in [9.17, 15) is 0 Å². The molecule has 0 unspecified atom stereocenters. The van der Waals surface area contributed by atoms with Gasteiger partial charge in [-0.2, -0.15) is 0 Å². The van der Waals surface area contributed by atoms with Crippen LogP contribution in [-0.4, -0.2) is 6.73 Å². The molecule has 1 aromatic carbocycles. The van der Waals surface area contributed by atoms with E-state index in [-0.39, 0.29) is 6.73 Å². The van der Waals surface area contributed by atoms with Crippen LogP contribution in [0.4, 0.5) is 0 Å². The van der Waals surface area contributed by atoms with Crippen molar-refractivity contribution < 1.29 is 4.74 Å². The fraction of sp³-hybridized carbons (Fsp3) is 0.143. The van der Waals surface area contributed by atoms with Crippen LogP contribution in [0, 0.1) is 0 Å². The number of ether oxygens (including phenoxy) is 1. The minimum absolute atomic E-state index is 0.195. The first-order valence-corrected chi connectivity index (χ1v) is 4.01. The summed E-state index contributed by atoms with van der Waals surface area (Å²) >= 11 is 11.5. The van der Waals surface area contributed by atoms with Crippen molar-refractivity contribution >= 4 is 23.2 Å². The Labute approximate surface area is 80.4 Å². The van der Waals surface area contributed by atoms with Gasteiger partial charge in [0.1, 0.15) is 5.75 Å². The minimum Gasteiger partial charge on any atom is -0.476 e. The van der Waals surface area contributed by atoms with E-state index in [2.05, 4.69) is 5.43 Å². The Morgan fingerprint density at radius 2 is 2.17 bits per heavy atom. The summed E-state index contributed by atoms with van der Waals surface area (Å²) in [7, 11) is 0. The molecule has 0 amide bonds. The summed E-state index contributed by atoms with van der Waals surface area (Å²) in [6.45, 7) is 0.195. The fourth-order valence-corrected chi connectivity index (χ4v) is 1.04. The van der Waals surface area contributed by atoms with Crippen molar-refractivity contribution in [2.75, 3.05) is 6.73 Å². The summed E-state index contributed by atoms with van der Waals surface area (Å²) in [5.74, 6) is 5.53. The van der Waals surface area contributed by atoms with Gasteiger partial charge in [0.2, 0.25) is 0 Å². The summed E-state index contributed by atoms with van der Waals surface area (Å²) < 4.78 is 5.11. The van der Waals surface area contributed by atoms with Crippen LogP contribution < -0.4 is 16.0 Å². The van der Waals surface area contributed by atoms with Crippen LogP contribution in [0.25, 0.3) is 0 Å². The molecule has 0 fully saturated rings. The summed E-state index contributed by atoms with van der Waals surface area (Å²) in [5.41, 5.74) is 2.34. The zero-order valence-electron chi connectivity index (χ0n) is 6.18. The second-order valence-corrected chi connectivity index (χ2v) is 2.91. The minimum atomic E-state index is 0.195. The average molecular weight is 207 g/mol. The normalized spacial score (nSPS) is 9.92. The number of hydrazine groups is 1. The molecule has 0 radical (unpaired) electrons. The Kier molecular flexibility index (Phi) is 3.62. The Morgan fingerprint density at radius 1 is 1.42 bits per heavy atom. The molecule has 5 heteroatoms. The van der Waals surface area contributed by atoms with Crippen LogP contribution in [0.3, 0.4) is 0 Å². The first-order chi connectivity index (χ1) is 5.74. The molecular weight excluding hydrogens is 199 g/mol. The third kappa shape index (κ3) is 2.53. The van der Waals surface area contributed by atoms with Crippen molar-refractivity contribution in [3.05, 3.63) is 28.2 Å². The molecule has 0 heterocycles. The molecule has 0 saturated heterocycles. The standard InChI is InChI=1S/C7H8Cl2N2O/c8-5-1-2-6(9)7(3-5)12-4-11-10/h1-3,11H,4,10H2. The Balaban J connectivity index is 2.75. The lowest BCUT2D eigenvalue weighted by atomic mass is 10.3. The molecule has 0 bridgehead atoms. The smallest absolute Gasteiger partial charge is 0.151 e. The van der Waals surface area contributed by atoms with E-state index in [1.54, 1.807) is 18.2 Å². The quantitative estimate of drug-likeness (QED) is 0.451. The van der Waals surface area contributed by atoms with Gasteiger partial charge >= 0.3 is 0 Å². The van der Waals surface area contributed by atoms with Gasteiger partial charge in [-0.25, -0.2) is 5.43 Å². The number of benzene rings is 1. The average Bonchev–Trinajstić information content (AvgIpc) is 2.07. The van der Waals surface area contributed by atoms with E-state index in [1.807, 2.05) is 0 Å². The van der Waals surface area contributed by atoms with Gasteiger partial charge in [0.15, 0.2) is 6.73 Å². The highest BCUT2D eigenvalue weighted by molar-refractivity contribution is 6.34. The van der Waals surface area contributed by atoms with Crippen LogP contribution in [0.5, 0.6) is 5.75 Å². The maximum Gasteiger partial charge on any atom is 0.151 e. The summed E-state index contributed by atoms with van der Waals surface area (Å²) in [5, 5.41) is 1.08. The lowest BCUT2D eigenvalue weighted by molar-refractivity contribution is 0.286. The van der Waals surface area contributed by atoms with Gasteiger partial charge in [0.05, 0.1) is 5.02 Å². The molecule has 0 atom stereocenters. The number of nitrogens with two attached hydrogens (primary N) is 1. The molecule has 1 rings (SSSR count). The van der Waals surface area contributed by atoms with Crippen LogP contribution in [0.15, 0.2) is 18.2 Å². The Morgan fingerprint density at radius 3 is 2.83 bits per heavy atom. The molecule has 0 aromatic heterocycles. The predicted molar refractivity (Wildman–Crippen MR) is 49.3 cm³/mol. The molecule has 0 aliphatic rings. The summed E-state index contributed by atoms with van der Waals surface area (Å²) in [4.78, 5) is 0. The molecule has 1 aromatic rings. The Bertz CT molecular complexity index is 268. The highest BCUT2D eigenvalue weighted by Gasteiger charge is 2.00. The van der Waals surface area contributed by atoms with E-state index < -0.39 is 0 Å². The van der Waals surface area contributed by atoms with Crippen LogP contribution >= 0.6 is 23.2 Å². The SMILES string of the molecule is NNCOc1cc(Cl)ccc1Cl. The van der Waals surface area contributed by atoms with Crippen molar-refractivity contribution in [1.29, 1.82) is 0 Å². The lowest BCUT2D eigenvalue weighted by Crippen LogP contribution is -2.26. The van der Waals surface area contributed by atoms with Crippen molar-refractivity contribution in [3.63, 3.8) is 0 Å². The van der Waals surface area contributed by atoms with Crippen molar-refractivity contribution in [1.82, 2.24) is 5.43 Å². The largest absolute Gasteiger partial charge is 0.476 e. The topological polar surface area (TPSA) is 47.3 Å². The van der Waals surface area contributed by atoms with Gasteiger partial charge in [-0.1, -0.05) is 23.2 Å². The number of halogens is 2. The molecule has 0 aliphatic heterocycles. The van der Waals surface area contributed by atoms with Gasteiger partial charge in [0, 0.05) is 11.1 Å². The van der Waals surface area contributed by atoms with Gasteiger partial charge < -0.3 is 4.74 Å². The fourth-order valence-electron chi connectivity index (χ4n) is 0.707. The number of rotatable bonds is 3. The third-order valence-corrected chi connectivity index (χ3v) is 1.75. The first kappa shape index (κ1) is 9.61. The van der Waals surface area contributed by atoms with E-state index in [0.29, 0.717) is 15.8 Å². The molecule has 3 nitrogen and oxygen atoms in total. The zero-order valence-corrected chi connectivity index (χ0v) is 7.69. The molecule has 66 valence electrons. The molecule has 3 N–H and O–H groups in total. The van der Waals surface area contributed by atoms with Crippen molar-refractivity contribution in [2.45, 2.75) is 0 Å². The van der Waals surface area contributed by atoms with Gasteiger partial charge in [0.25, 0.3) is 0 Å². The zero-order chi connectivity index (χ0) is 8.97. The Hall–Kier alpha value is -0.480. The van der Waals surface area contributed by atoms with Gasteiger partial charge in [-0.3, -0.25) is 5.84 Å². The van der Waals surface area contributed by atoms with E-state index in [4.69, 9.17) is 33.8 Å². The van der Waals surface area contributed by atoms with Gasteiger partial charge in [-0.15, -0.1) is 0 Å². The highest BCUT2D eigenvalue weighted by atomic mass is 35.5. The second-order valence-electron chi connectivity index (χ2n) is 2.07. The predicted octanol–water partition coefficient (Wildman–Crippen LogP) is 1.79. The van der Waals surface area contributed by atoms with E-state index >= 15 is 0 Å². The maximum absolute atomic E-state index is 5.78. The van der Waals surface area contributed by atoms with Gasteiger partial charge in [-0.05, 0) is 12.1 Å². The molecule has 0 aliphatic carbocycles. The van der Waals surface area contributed by atoms with Crippen LogP contribution in [-0.2, 0) is 0 Å². The second kappa shape index (κ2) is 4.52. The van der Waals surface area contributed by atoms with Crippen LogP contribution in [0.1, 0.15) is 0 Å². The van der Waals surface area contributed by atoms with Crippen molar-refractivity contribution in [3.8, 4) is 5.75 Å². The lowest BCUT2D eigenvalue weighted by Gasteiger charge is -2.06. The van der Waals surface area contributed by atoms with E-state index in [0.717, 1.165) is 0 Å². The number of hydrogen-bond acceptors (Lipinski definition) is 3. The molecule has 12 heavy (non-hydrogen) atoms. The highest BCUT2D eigenvalue weighted by Crippen LogP contribution is 2.27. The van der Waals surface area contributed by atoms with E-state index in [1.165, 1.54) is 0 Å². The third-order valence-electron chi connectivity index (χ3n) is 1.20. The first-order valence-electron chi connectivity index (χ1n) is 3.25. The summed E-state index contributed by atoms with van der Waals surface area (Å²) in [6, 6.07) is 4.98. The van der Waals surface area contributed by atoms with Crippen molar-refractivity contribution in [2.24, 2.45) is 5.84 Å². The molecule has 0 spiro atoms. The maximum atomic E-state index is 5.78. The van der Waals surface area contributed by atoms with Crippen LogP contribution in [0.2, 0.25) is 10.0 Å². The molecular formula is C7H8Cl2N2O. The summed E-state index contributed by atoms with van der Waals surface area (Å²) in [6.07, 6.45) is 0. The monoisotopic (exact) mass is 206 g/mol.